The Kier molecular flexibility index (Phi) is 3.58. The van der Waals surface area contributed by atoms with Crippen LogP contribution in [0.1, 0.15) is 48.0 Å². The van der Waals surface area contributed by atoms with Crippen molar-refractivity contribution in [1.29, 1.82) is 0 Å². The van der Waals surface area contributed by atoms with Crippen LogP contribution in [0.25, 0.3) is 0 Å². The van der Waals surface area contributed by atoms with Gasteiger partial charge in [0, 0.05) is 31.2 Å². The van der Waals surface area contributed by atoms with Gasteiger partial charge in [0.25, 0.3) is 0 Å². The van der Waals surface area contributed by atoms with Crippen molar-refractivity contribution in [3.8, 4) is 0 Å². The van der Waals surface area contributed by atoms with Gasteiger partial charge in [-0.1, -0.05) is 0 Å². The monoisotopic (exact) mass is 268 g/mol. The van der Waals surface area contributed by atoms with Crippen molar-refractivity contribution in [2.75, 3.05) is 19.6 Å². The topological polar surface area (TPSA) is 32.8 Å². The molecular formula is C15H28N2O2. The van der Waals surface area contributed by atoms with Crippen molar-refractivity contribution in [2.24, 2.45) is 5.92 Å². The van der Waals surface area contributed by atoms with Crippen LogP contribution < -0.4 is 0 Å². The third-order valence-corrected chi connectivity index (χ3v) is 3.99. The molecule has 2 fully saturated rings. The van der Waals surface area contributed by atoms with Crippen molar-refractivity contribution in [3.63, 3.8) is 0 Å². The van der Waals surface area contributed by atoms with Crippen molar-refractivity contribution >= 4 is 6.09 Å². The fraction of sp³-hybridized carbons (Fsp3) is 0.933. The largest absolute Gasteiger partial charge is 0.444 e. The Bertz CT molecular complexity index is 354. The van der Waals surface area contributed by atoms with Gasteiger partial charge in [-0.15, -0.1) is 0 Å². The molecule has 2 heterocycles. The van der Waals surface area contributed by atoms with Gasteiger partial charge in [0.1, 0.15) is 5.60 Å². The molecule has 2 atom stereocenters. The molecule has 2 unspecified atom stereocenters. The maximum absolute atomic E-state index is 12.2. The Morgan fingerprint density at radius 3 is 2.21 bits per heavy atom. The van der Waals surface area contributed by atoms with Gasteiger partial charge in [-0.25, -0.2) is 4.79 Å². The first-order valence-electron chi connectivity index (χ1n) is 7.31. The maximum Gasteiger partial charge on any atom is 0.410 e. The number of amides is 1. The predicted octanol–water partition coefficient (Wildman–Crippen LogP) is 2.73. The van der Waals surface area contributed by atoms with E-state index in [0.29, 0.717) is 12.0 Å². The van der Waals surface area contributed by atoms with Crippen LogP contribution in [0.4, 0.5) is 4.79 Å². The average molecular weight is 268 g/mol. The highest BCUT2D eigenvalue weighted by atomic mass is 16.6. The van der Waals surface area contributed by atoms with E-state index in [1.807, 2.05) is 25.7 Å². The molecule has 2 bridgehead atoms. The lowest BCUT2D eigenvalue weighted by Crippen LogP contribution is -2.51. The Balaban J connectivity index is 2.02. The minimum absolute atomic E-state index is 0.143. The van der Waals surface area contributed by atoms with E-state index in [2.05, 4.69) is 25.7 Å². The van der Waals surface area contributed by atoms with Crippen LogP contribution in [0.3, 0.4) is 0 Å². The molecular weight excluding hydrogens is 240 g/mol. The highest BCUT2D eigenvalue weighted by molar-refractivity contribution is 5.69. The lowest BCUT2D eigenvalue weighted by Gasteiger charge is -2.41. The second kappa shape index (κ2) is 4.65. The number of rotatable bonds is 0. The van der Waals surface area contributed by atoms with Gasteiger partial charge < -0.3 is 9.64 Å². The standard InChI is InChI=1S/C15H28N2O2/c1-14(2,3)16-8-11-7-12(10-16)17(9-11)13(18)19-15(4,5)6/h11-12H,7-10H2,1-6H3. The van der Waals surface area contributed by atoms with Crippen molar-refractivity contribution < 1.29 is 9.53 Å². The van der Waals surface area contributed by atoms with Crippen LogP contribution in [0, 0.1) is 5.92 Å². The quantitative estimate of drug-likeness (QED) is 0.677. The Labute approximate surface area is 117 Å². The molecule has 0 saturated carbocycles. The second-order valence-electron chi connectivity index (χ2n) is 7.96. The number of ether oxygens (including phenoxy) is 1. The summed E-state index contributed by atoms with van der Waals surface area (Å²) in [5.74, 6) is 0.602. The zero-order valence-corrected chi connectivity index (χ0v) is 13.2. The lowest BCUT2D eigenvalue weighted by atomic mass is 9.94. The van der Waals surface area contributed by atoms with E-state index in [9.17, 15) is 4.79 Å². The van der Waals surface area contributed by atoms with E-state index >= 15 is 0 Å². The Morgan fingerprint density at radius 1 is 1.05 bits per heavy atom. The molecule has 0 radical (unpaired) electrons. The summed E-state index contributed by atoms with van der Waals surface area (Å²) in [6.45, 7) is 15.4. The third-order valence-electron chi connectivity index (χ3n) is 3.99. The molecule has 0 spiro atoms. The van der Waals surface area contributed by atoms with Gasteiger partial charge in [0.15, 0.2) is 0 Å². The van der Waals surface area contributed by atoms with Crippen LogP contribution >= 0.6 is 0 Å². The first kappa shape index (κ1) is 14.6. The highest BCUT2D eigenvalue weighted by Crippen LogP contribution is 2.33. The number of nitrogens with zero attached hydrogens (tertiary/aromatic N) is 2. The summed E-state index contributed by atoms with van der Waals surface area (Å²) in [7, 11) is 0. The number of likely N-dealkylation sites (tertiary alicyclic amines) is 2. The molecule has 110 valence electrons. The molecule has 2 rings (SSSR count). The SMILES string of the molecule is CC(C)(C)OC(=O)N1CC2CC1CN(C(C)(C)C)C2. The summed E-state index contributed by atoms with van der Waals surface area (Å²) in [4.78, 5) is 16.7. The zero-order valence-electron chi connectivity index (χ0n) is 13.2. The summed E-state index contributed by atoms with van der Waals surface area (Å²) in [5.41, 5.74) is -0.224. The number of hydrogen-bond donors (Lipinski definition) is 0. The fourth-order valence-electron chi connectivity index (χ4n) is 3.05. The molecule has 2 saturated heterocycles. The number of carbonyl (C=O) groups is 1. The minimum atomic E-state index is -0.405. The van der Waals surface area contributed by atoms with Crippen molar-refractivity contribution in [1.82, 2.24) is 9.80 Å². The summed E-state index contributed by atoms with van der Waals surface area (Å²) in [5, 5.41) is 0. The van der Waals surface area contributed by atoms with E-state index < -0.39 is 5.60 Å². The van der Waals surface area contributed by atoms with Crippen LogP contribution in [0.15, 0.2) is 0 Å². The average Bonchev–Trinajstić information content (AvgIpc) is 2.49. The fourth-order valence-corrected chi connectivity index (χ4v) is 3.05. The molecule has 0 aromatic heterocycles. The van der Waals surface area contributed by atoms with Crippen molar-refractivity contribution in [2.45, 2.75) is 65.1 Å². The number of piperidine rings is 1. The molecule has 2 aliphatic heterocycles. The van der Waals surface area contributed by atoms with Crippen LogP contribution in [-0.4, -0.2) is 52.7 Å². The number of fused-ring (bicyclic) bond motifs is 2. The van der Waals surface area contributed by atoms with Gasteiger partial charge in [0.05, 0.1) is 0 Å². The van der Waals surface area contributed by atoms with Gasteiger partial charge in [-0.3, -0.25) is 4.90 Å². The van der Waals surface area contributed by atoms with Gasteiger partial charge in [-0.05, 0) is 53.9 Å². The molecule has 4 nitrogen and oxygen atoms in total. The first-order valence-corrected chi connectivity index (χ1v) is 7.31. The number of hydrogen-bond acceptors (Lipinski definition) is 3. The van der Waals surface area contributed by atoms with E-state index in [4.69, 9.17) is 4.74 Å². The summed E-state index contributed by atoms with van der Waals surface area (Å²) < 4.78 is 5.52. The van der Waals surface area contributed by atoms with E-state index in [1.165, 1.54) is 0 Å². The van der Waals surface area contributed by atoms with Crippen molar-refractivity contribution in [3.05, 3.63) is 0 Å². The number of carbonyl (C=O) groups excluding carboxylic acids is 1. The normalized spacial score (nSPS) is 28.6. The van der Waals surface area contributed by atoms with Crippen LogP contribution in [0.5, 0.6) is 0 Å². The van der Waals surface area contributed by atoms with Gasteiger partial charge >= 0.3 is 6.09 Å². The molecule has 0 aromatic carbocycles. The minimum Gasteiger partial charge on any atom is -0.444 e. The molecule has 0 N–H and O–H groups in total. The summed E-state index contributed by atoms with van der Waals surface area (Å²) >= 11 is 0. The summed E-state index contributed by atoms with van der Waals surface area (Å²) in [6.07, 6.45) is 0.988. The predicted molar refractivity (Wildman–Crippen MR) is 76.2 cm³/mol. The van der Waals surface area contributed by atoms with E-state index in [1.54, 1.807) is 0 Å². The van der Waals surface area contributed by atoms with Gasteiger partial charge in [-0.2, -0.15) is 0 Å². The highest BCUT2D eigenvalue weighted by Gasteiger charge is 2.44. The van der Waals surface area contributed by atoms with Gasteiger partial charge in [0.2, 0.25) is 0 Å². The molecule has 4 heteroatoms. The van der Waals surface area contributed by atoms with Crippen LogP contribution in [0.2, 0.25) is 0 Å². The van der Waals surface area contributed by atoms with E-state index in [0.717, 1.165) is 26.1 Å². The van der Waals surface area contributed by atoms with E-state index in [-0.39, 0.29) is 11.6 Å². The first-order chi connectivity index (χ1) is 8.56. The molecule has 0 aromatic rings. The smallest absolute Gasteiger partial charge is 0.410 e. The molecule has 1 amide bonds. The maximum atomic E-state index is 12.2. The lowest BCUT2D eigenvalue weighted by molar-refractivity contribution is 0.0175. The van der Waals surface area contributed by atoms with Crippen LogP contribution in [-0.2, 0) is 4.74 Å². The summed E-state index contributed by atoms with van der Waals surface area (Å²) in [6, 6.07) is 0.327. The third kappa shape index (κ3) is 3.41. The Hall–Kier alpha value is -0.770. The molecule has 0 aliphatic carbocycles. The Morgan fingerprint density at radius 2 is 1.68 bits per heavy atom. The zero-order chi connectivity index (χ0) is 14.4. The molecule has 2 aliphatic rings. The molecule has 19 heavy (non-hydrogen) atoms. The second-order valence-corrected chi connectivity index (χ2v) is 7.96.